The molecule has 2 heterocycles. The first-order valence-corrected chi connectivity index (χ1v) is 7.26. The molecule has 2 rings (SSSR count). The van der Waals surface area contributed by atoms with Gasteiger partial charge in [0.25, 0.3) is 0 Å². The average Bonchev–Trinajstić information content (AvgIpc) is 3.00. The zero-order chi connectivity index (χ0) is 17.4. The summed E-state index contributed by atoms with van der Waals surface area (Å²) in [6.45, 7) is 5.29. The van der Waals surface area contributed by atoms with E-state index in [1.807, 2.05) is 0 Å². The van der Waals surface area contributed by atoms with Crippen LogP contribution in [0.2, 0.25) is 0 Å². The predicted octanol–water partition coefficient (Wildman–Crippen LogP) is 1.43. The molecule has 0 aromatic carbocycles. The molecule has 2 aliphatic rings. The van der Waals surface area contributed by atoms with Crippen molar-refractivity contribution in [3.8, 4) is 0 Å². The van der Waals surface area contributed by atoms with Crippen molar-refractivity contribution in [3.05, 3.63) is 23.8 Å². The van der Waals surface area contributed by atoms with Crippen molar-refractivity contribution < 1.29 is 28.6 Å². The van der Waals surface area contributed by atoms with E-state index in [0.717, 1.165) is 0 Å². The number of fused-ring (bicyclic) bond motifs is 2. The van der Waals surface area contributed by atoms with E-state index in [-0.39, 0.29) is 0 Å². The lowest BCUT2D eigenvalue weighted by molar-refractivity contribution is -0.144. The number of ether oxygens (including phenoxy) is 3. The summed E-state index contributed by atoms with van der Waals surface area (Å²) >= 11 is 0. The monoisotopic (exact) mass is 323 g/mol. The molecule has 0 aliphatic carbocycles. The third-order valence-corrected chi connectivity index (χ3v) is 3.70. The molecule has 3 atom stereocenters. The van der Waals surface area contributed by atoms with Crippen LogP contribution in [-0.2, 0) is 23.8 Å². The van der Waals surface area contributed by atoms with E-state index in [9.17, 15) is 14.4 Å². The first-order valence-electron chi connectivity index (χ1n) is 7.26. The van der Waals surface area contributed by atoms with Gasteiger partial charge in [-0.25, -0.2) is 9.59 Å². The van der Waals surface area contributed by atoms with Crippen LogP contribution in [0.25, 0.3) is 0 Å². The van der Waals surface area contributed by atoms with Crippen LogP contribution in [0.5, 0.6) is 0 Å². The van der Waals surface area contributed by atoms with Crippen LogP contribution in [0, 0.1) is 5.92 Å². The predicted molar refractivity (Wildman–Crippen MR) is 80.4 cm³/mol. The van der Waals surface area contributed by atoms with E-state index < -0.39 is 41.6 Å². The molecular weight excluding hydrogens is 302 g/mol. The van der Waals surface area contributed by atoms with Gasteiger partial charge < -0.3 is 14.2 Å². The molecule has 0 aromatic heterocycles. The lowest BCUT2D eigenvalue weighted by Crippen LogP contribution is -2.42. The van der Waals surface area contributed by atoms with Crippen LogP contribution >= 0.6 is 0 Å². The van der Waals surface area contributed by atoms with Gasteiger partial charge in [0, 0.05) is 6.08 Å². The maximum Gasteiger partial charge on any atom is 0.411 e. The smallest absolute Gasteiger partial charge is 0.411 e. The van der Waals surface area contributed by atoms with E-state index in [4.69, 9.17) is 9.47 Å². The maximum atomic E-state index is 12.4. The van der Waals surface area contributed by atoms with Crippen LogP contribution < -0.4 is 0 Å². The standard InChI is InChI=1S/C16H21NO6/c1-16(2,3)23-15(20)17-10-6-7-11(17)13(14(19)22-5)9(10)8-12(18)21-4/h6-8,10-11,13H,1-5H3. The Morgan fingerprint density at radius 1 is 1.13 bits per heavy atom. The molecule has 0 spiro atoms. The molecular formula is C16H21NO6. The Hall–Kier alpha value is -2.31. The molecule has 0 radical (unpaired) electrons. The Balaban J connectivity index is 2.36. The molecule has 126 valence electrons. The van der Waals surface area contributed by atoms with Crippen molar-refractivity contribution in [2.75, 3.05) is 14.2 Å². The molecule has 23 heavy (non-hydrogen) atoms. The Bertz CT molecular complexity index is 586. The lowest BCUT2D eigenvalue weighted by atomic mass is 9.88. The molecule has 2 bridgehead atoms. The van der Waals surface area contributed by atoms with Gasteiger partial charge in [0.2, 0.25) is 0 Å². The van der Waals surface area contributed by atoms with E-state index in [1.165, 1.54) is 25.2 Å². The van der Waals surface area contributed by atoms with Gasteiger partial charge in [0.15, 0.2) is 0 Å². The molecule has 2 aliphatic heterocycles. The number of carbonyl (C=O) groups is 3. The minimum Gasteiger partial charge on any atom is -0.468 e. The molecule has 7 heteroatoms. The van der Waals surface area contributed by atoms with Gasteiger partial charge >= 0.3 is 18.0 Å². The number of rotatable bonds is 2. The quantitative estimate of drug-likeness (QED) is 0.331. The fourth-order valence-electron chi connectivity index (χ4n) is 2.84. The number of methoxy groups -OCH3 is 2. The third-order valence-electron chi connectivity index (χ3n) is 3.70. The summed E-state index contributed by atoms with van der Waals surface area (Å²) in [5, 5.41) is 0. The molecule has 0 saturated carbocycles. The fraction of sp³-hybridized carbons (Fsp3) is 0.562. The van der Waals surface area contributed by atoms with Crippen LogP contribution in [-0.4, -0.2) is 54.8 Å². The van der Waals surface area contributed by atoms with Crippen molar-refractivity contribution in [1.29, 1.82) is 0 Å². The number of hydrogen-bond donors (Lipinski definition) is 0. The molecule has 7 nitrogen and oxygen atoms in total. The fourth-order valence-corrected chi connectivity index (χ4v) is 2.84. The minimum absolute atomic E-state index is 0.474. The summed E-state index contributed by atoms with van der Waals surface area (Å²) in [4.78, 5) is 37.6. The largest absolute Gasteiger partial charge is 0.468 e. The van der Waals surface area contributed by atoms with Crippen molar-refractivity contribution in [2.45, 2.75) is 38.5 Å². The number of nitrogens with zero attached hydrogens (tertiary/aromatic N) is 1. The second-order valence-electron chi connectivity index (χ2n) is 6.38. The van der Waals surface area contributed by atoms with E-state index in [2.05, 4.69) is 4.74 Å². The van der Waals surface area contributed by atoms with Gasteiger partial charge in [-0.15, -0.1) is 0 Å². The van der Waals surface area contributed by atoms with E-state index >= 15 is 0 Å². The first-order chi connectivity index (χ1) is 10.7. The average molecular weight is 323 g/mol. The maximum absolute atomic E-state index is 12.4. The Labute approximate surface area is 134 Å². The number of carbonyl (C=O) groups excluding carboxylic acids is 3. The normalized spacial score (nSPS) is 27.3. The number of esters is 2. The van der Waals surface area contributed by atoms with Crippen molar-refractivity contribution in [2.24, 2.45) is 5.92 Å². The van der Waals surface area contributed by atoms with Crippen molar-refractivity contribution >= 4 is 18.0 Å². The summed E-state index contributed by atoms with van der Waals surface area (Å²) in [6, 6.07) is -1.05. The van der Waals surface area contributed by atoms with Crippen LogP contribution in [0.15, 0.2) is 23.8 Å². The lowest BCUT2D eigenvalue weighted by Gasteiger charge is -2.27. The Morgan fingerprint density at radius 3 is 2.30 bits per heavy atom. The molecule has 3 unspecified atom stereocenters. The summed E-state index contributed by atoms with van der Waals surface area (Å²) in [5.41, 5.74) is -0.186. The zero-order valence-corrected chi connectivity index (χ0v) is 13.9. The molecule has 1 fully saturated rings. The summed E-state index contributed by atoms with van der Waals surface area (Å²) in [7, 11) is 2.52. The van der Waals surface area contributed by atoms with Gasteiger partial charge in [-0.3, -0.25) is 9.69 Å². The minimum atomic E-state index is -0.735. The van der Waals surface area contributed by atoms with Crippen LogP contribution in [0.3, 0.4) is 0 Å². The summed E-state index contributed by atoms with van der Waals surface area (Å²) < 4.78 is 14.8. The van der Waals surface area contributed by atoms with Crippen molar-refractivity contribution in [3.63, 3.8) is 0 Å². The second kappa shape index (κ2) is 6.06. The first kappa shape index (κ1) is 17.1. The Kier molecular flexibility index (Phi) is 4.49. The highest BCUT2D eigenvalue weighted by molar-refractivity contribution is 5.89. The highest BCUT2D eigenvalue weighted by atomic mass is 16.6. The molecule has 1 amide bonds. The number of hydrogen-bond acceptors (Lipinski definition) is 6. The summed E-state index contributed by atoms with van der Waals surface area (Å²) in [5.74, 6) is -1.83. The summed E-state index contributed by atoms with van der Waals surface area (Å²) in [6.07, 6.45) is 4.22. The molecule has 1 saturated heterocycles. The van der Waals surface area contributed by atoms with Gasteiger partial charge in [0.05, 0.1) is 26.3 Å². The highest BCUT2D eigenvalue weighted by Crippen LogP contribution is 2.42. The van der Waals surface area contributed by atoms with Crippen molar-refractivity contribution in [1.82, 2.24) is 4.90 Å². The van der Waals surface area contributed by atoms with Gasteiger partial charge in [-0.2, -0.15) is 0 Å². The topological polar surface area (TPSA) is 82.1 Å². The third kappa shape index (κ3) is 3.23. The number of amides is 1. The van der Waals surface area contributed by atoms with Crippen LogP contribution in [0.1, 0.15) is 20.8 Å². The second-order valence-corrected chi connectivity index (χ2v) is 6.38. The van der Waals surface area contributed by atoms with Gasteiger partial charge in [-0.05, 0) is 26.3 Å². The Morgan fingerprint density at radius 2 is 1.78 bits per heavy atom. The van der Waals surface area contributed by atoms with Crippen LogP contribution in [0.4, 0.5) is 4.79 Å². The molecule has 0 N–H and O–H groups in total. The van der Waals surface area contributed by atoms with E-state index in [1.54, 1.807) is 32.9 Å². The van der Waals surface area contributed by atoms with Gasteiger partial charge in [0.1, 0.15) is 11.5 Å². The molecule has 0 aromatic rings. The van der Waals surface area contributed by atoms with E-state index in [0.29, 0.717) is 5.57 Å². The SMILES string of the molecule is COC(=O)C=C1C(C(=O)OC)C2C=CC1N2C(=O)OC(C)(C)C. The van der Waals surface area contributed by atoms with Gasteiger partial charge in [-0.1, -0.05) is 12.2 Å². The highest BCUT2D eigenvalue weighted by Gasteiger charge is 2.53. The zero-order valence-electron chi connectivity index (χ0n) is 13.9.